The molecule has 0 N–H and O–H groups in total. The van der Waals surface area contributed by atoms with Crippen LogP contribution in [0.15, 0.2) is 57.5 Å². The van der Waals surface area contributed by atoms with Crippen molar-refractivity contribution in [3.8, 4) is 0 Å². The van der Waals surface area contributed by atoms with Crippen LogP contribution in [-0.4, -0.2) is 34.6 Å². The lowest BCUT2D eigenvalue weighted by molar-refractivity contribution is 0.101. The van der Waals surface area contributed by atoms with Crippen molar-refractivity contribution in [1.82, 2.24) is 0 Å². The van der Waals surface area contributed by atoms with Crippen molar-refractivity contribution in [1.29, 1.82) is 0 Å². The molecule has 6 heteroatoms. The number of Topliss-reactive ketones (excluding diaryl/α,β-unsaturated/α-hetero) is 2. The van der Waals surface area contributed by atoms with Crippen molar-refractivity contribution >= 4 is 67.0 Å². The second-order valence-electron chi connectivity index (χ2n) is 4.97. The van der Waals surface area contributed by atoms with Crippen molar-refractivity contribution in [3.63, 3.8) is 0 Å². The van der Waals surface area contributed by atoms with E-state index in [9.17, 15) is 9.59 Å². The first kappa shape index (κ1) is 19.8. The van der Waals surface area contributed by atoms with Crippen LogP contribution < -0.4 is 0 Å². The largest absolute Gasteiger partial charge is 0.293 e. The number of halogens is 2. The van der Waals surface area contributed by atoms with E-state index in [1.54, 1.807) is 23.5 Å². The van der Waals surface area contributed by atoms with Gasteiger partial charge in [-0.25, -0.2) is 0 Å². The number of hydrogen-bond donors (Lipinski definition) is 0. The van der Waals surface area contributed by atoms with Gasteiger partial charge in [0.05, 0.1) is 11.5 Å². The molecule has 0 spiro atoms. The molecule has 0 heterocycles. The Morgan fingerprint density at radius 1 is 0.667 bits per heavy atom. The lowest BCUT2D eigenvalue weighted by atomic mass is 10.2. The fourth-order valence-corrected chi connectivity index (χ4v) is 4.35. The van der Waals surface area contributed by atoms with E-state index in [-0.39, 0.29) is 11.6 Å². The minimum atomic E-state index is 0.142. The van der Waals surface area contributed by atoms with Crippen LogP contribution in [0.4, 0.5) is 0 Å². The normalized spacial score (nSPS) is 10.6. The Kier molecular flexibility index (Phi) is 8.59. The molecule has 0 saturated carbocycles. The summed E-state index contributed by atoms with van der Waals surface area (Å²) >= 11 is 9.94. The summed E-state index contributed by atoms with van der Waals surface area (Å²) < 4.78 is 1.94. The maximum absolute atomic E-state index is 12.0. The Bertz CT molecular complexity index is 624. The lowest BCUT2D eigenvalue weighted by Gasteiger charge is -2.03. The smallest absolute Gasteiger partial charge is 0.172 e. The fraction of sp³-hybridized carbons (Fsp3) is 0.222. The van der Waals surface area contributed by atoms with Gasteiger partial charge < -0.3 is 0 Å². The zero-order valence-electron chi connectivity index (χ0n) is 12.8. The molecule has 2 aromatic carbocycles. The van der Waals surface area contributed by atoms with Gasteiger partial charge in [-0.1, -0.05) is 56.1 Å². The average molecular weight is 488 g/mol. The highest BCUT2D eigenvalue weighted by atomic mass is 79.9. The summed E-state index contributed by atoms with van der Waals surface area (Å²) in [5.41, 5.74) is 1.48. The number of benzene rings is 2. The summed E-state index contributed by atoms with van der Waals surface area (Å²) in [6, 6.07) is 14.8. The highest BCUT2D eigenvalue weighted by Gasteiger charge is 2.07. The predicted molar refractivity (Wildman–Crippen MR) is 112 cm³/mol. The summed E-state index contributed by atoms with van der Waals surface area (Å²) in [7, 11) is 0. The van der Waals surface area contributed by atoms with Crippen LogP contribution in [0.1, 0.15) is 20.7 Å². The van der Waals surface area contributed by atoms with Crippen LogP contribution in [-0.2, 0) is 0 Å². The summed E-state index contributed by atoms with van der Waals surface area (Å²) in [5, 5.41) is 0. The van der Waals surface area contributed by atoms with Crippen LogP contribution in [0.25, 0.3) is 0 Å². The molecule has 2 aromatic rings. The molecule has 126 valence electrons. The molecule has 0 saturated heterocycles. The maximum Gasteiger partial charge on any atom is 0.172 e. The highest BCUT2D eigenvalue weighted by molar-refractivity contribution is 9.10. The van der Waals surface area contributed by atoms with Crippen LogP contribution in [0.3, 0.4) is 0 Å². The van der Waals surface area contributed by atoms with E-state index in [4.69, 9.17) is 0 Å². The molecule has 0 unspecified atom stereocenters. The second-order valence-corrected chi connectivity index (χ2v) is 9.01. The first-order chi connectivity index (χ1) is 11.6. The molecule has 0 bridgehead atoms. The van der Waals surface area contributed by atoms with E-state index < -0.39 is 0 Å². The molecule has 0 atom stereocenters. The number of ketones is 2. The van der Waals surface area contributed by atoms with Gasteiger partial charge in [0, 0.05) is 31.6 Å². The van der Waals surface area contributed by atoms with Crippen LogP contribution in [0, 0.1) is 0 Å². The maximum atomic E-state index is 12.0. The molecule has 0 amide bonds. The highest BCUT2D eigenvalue weighted by Crippen LogP contribution is 2.16. The van der Waals surface area contributed by atoms with E-state index in [0.29, 0.717) is 11.5 Å². The first-order valence-electron chi connectivity index (χ1n) is 7.29. The summed E-state index contributed by atoms with van der Waals surface area (Å²) in [4.78, 5) is 24.0. The van der Waals surface area contributed by atoms with Crippen molar-refractivity contribution in [2.45, 2.75) is 0 Å². The SMILES string of the molecule is O=C(CSCCSCC(=O)c1ccc(Br)cc1)c1ccc(Br)cc1. The Labute approximate surface area is 167 Å². The molecule has 0 aliphatic rings. The van der Waals surface area contributed by atoms with Gasteiger partial charge in [-0.2, -0.15) is 23.5 Å². The van der Waals surface area contributed by atoms with Crippen molar-refractivity contribution < 1.29 is 9.59 Å². The Morgan fingerprint density at radius 3 is 1.33 bits per heavy atom. The number of rotatable bonds is 9. The molecule has 0 aliphatic carbocycles. The summed E-state index contributed by atoms with van der Waals surface area (Å²) in [6.45, 7) is 0. The monoisotopic (exact) mass is 486 g/mol. The first-order valence-corrected chi connectivity index (χ1v) is 11.2. The summed E-state index contributed by atoms with van der Waals surface area (Å²) in [6.07, 6.45) is 0. The van der Waals surface area contributed by atoms with Gasteiger partial charge in [-0.05, 0) is 24.3 Å². The van der Waals surface area contributed by atoms with E-state index >= 15 is 0 Å². The predicted octanol–water partition coefficient (Wildman–Crippen LogP) is 5.74. The Morgan fingerprint density at radius 2 is 1.00 bits per heavy atom. The third-order valence-electron chi connectivity index (χ3n) is 3.17. The van der Waals surface area contributed by atoms with Crippen molar-refractivity contribution in [2.75, 3.05) is 23.0 Å². The molecular weight excluding hydrogens is 472 g/mol. The van der Waals surface area contributed by atoms with Crippen molar-refractivity contribution in [2.24, 2.45) is 0 Å². The zero-order valence-corrected chi connectivity index (χ0v) is 17.6. The third kappa shape index (κ3) is 6.75. The second kappa shape index (κ2) is 10.4. The van der Waals surface area contributed by atoms with Gasteiger partial charge in [0.25, 0.3) is 0 Å². The number of carbonyl (C=O) groups excluding carboxylic acids is 2. The standard InChI is InChI=1S/C18H16Br2O2S2/c19-15-5-1-13(2-6-15)17(21)11-23-9-10-24-12-18(22)14-3-7-16(20)8-4-14/h1-8H,9-12H2. The van der Waals surface area contributed by atoms with Crippen LogP contribution >= 0.6 is 55.4 Å². The molecule has 0 aliphatic heterocycles. The number of thioether (sulfide) groups is 2. The van der Waals surface area contributed by atoms with E-state index in [1.165, 1.54) is 0 Å². The molecular formula is C18H16Br2O2S2. The van der Waals surface area contributed by atoms with E-state index in [0.717, 1.165) is 31.6 Å². The van der Waals surface area contributed by atoms with Crippen molar-refractivity contribution in [3.05, 3.63) is 68.6 Å². The molecule has 0 fully saturated rings. The molecule has 0 aromatic heterocycles. The quantitative estimate of drug-likeness (QED) is 0.333. The lowest BCUT2D eigenvalue weighted by Crippen LogP contribution is -2.05. The minimum Gasteiger partial charge on any atom is -0.293 e. The summed E-state index contributed by atoms with van der Waals surface area (Å²) in [5.74, 6) is 2.96. The van der Waals surface area contributed by atoms with E-state index in [1.807, 2.05) is 48.5 Å². The fourth-order valence-electron chi connectivity index (χ4n) is 1.89. The molecule has 0 radical (unpaired) electrons. The van der Waals surface area contributed by atoms with Gasteiger partial charge in [-0.3, -0.25) is 9.59 Å². The van der Waals surface area contributed by atoms with Crippen LogP contribution in [0.5, 0.6) is 0 Å². The van der Waals surface area contributed by atoms with Gasteiger partial charge in [0.15, 0.2) is 11.6 Å². The number of carbonyl (C=O) groups is 2. The van der Waals surface area contributed by atoms with Gasteiger partial charge in [0.1, 0.15) is 0 Å². The Balaban J connectivity index is 1.61. The molecule has 24 heavy (non-hydrogen) atoms. The van der Waals surface area contributed by atoms with Gasteiger partial charge >= 0.3 is 0 Å². The van der Waals surface area contributed by atoms with Gasteiger partial charge in [0.2, 0.25) is 0 Å². The topological polar surface area (TPSA) is 34.1 Å². The number of hydrogen-bond acceptors (Lipinski definition) is 4. The minimum absolute atomic E-state index is 0.142. The third-order valence-corrected chi connectivity index (χ3v) is 6.40. The Hall–Kier alpha value is -0.560. The van der Waals surface area contributed by atoms with Crippen LogP contribution in [0.2, 0.25) is 0 Å². The van der Waals surface area contributed by atoms with Gasteiger partial charge in [-0.15, -0.1) is 0 Å². The molecule has 2 rings (SSSR count). The van der Waals surface area contributed by atoms with E-state index in [2.05, 4.69) is 31.9 Å². The average Bonchev–Trinajstić information content (AvgIpc) is 2.58. The zero-order chi connectivity index (χ0) is 17.4. The molecule has 2 nitrogen and oxygen atoms in total.